The molecule has 2 rings (SSSR count). The fourth-order valence-corrected chi connectivity index (χ4v) is 2.49. The molecule has 1 saturated heterocycles. The minimum absolute atomic E-state index is 0.103. The summed E-state index contributed by atoms with van der Waals surface area (Å²) in [7, 11) is 0. The van der Waals surface area contributed by atoms with Crippen LogP contribution in [0.5, 0.6) is 0 Å². The first-order valence-electron chi connectivity index (χ1n) is 7.42. The van der Waals surface area contributed by atoms with Gasteiger partial charge in [-0.05, 0) is 18.5 Å². The summed E-state index contributed by atoms with van der Waals surface area (Å²) in [4.78, 5) is 25.7. The summed E-state index contributed by atoms with van der Waals surface area (Å²) in [6, 6.07) is 9.55. The third-order valence-corrected chi connectivity index (χ3v) is 3.70. The lowest BCUT2D eigenvalue weighted by Gasteiger charge is -2.32. The third kappa shape index (κ3) is 4.56. The Morgan fingerprint density at radius 3 is 2.86 bits per heavy atom. The van der Waals surface area contributed by atoms with Gasteiger partial charge in [-0.1, -0.05) is 37.3 Å². The summed E-state index contributed by atoms with van der Waals surface area (Å²) < 4.78 is 5.04. The summed E-state index contributed by atoms with van der Waals surface area (Å²) >= 11 is 0. The molecule has 1 atom stereocenters. The highest BCUT2D eigenvalue weighted by Gasteiger charge is 2.32. The lowest BCUT2D eigenvalue weighted by Crippen LogP contribution is -2.50. The van der Waals surface area contributed by atoms with E-state index in [1.807, 2.05) is 42.2 Å². The number of amides is 1. The molecule has 0 radical (unpaired) electrons. The number of hydrogen-bond acceptors (Lipinski definition) is 4. The molecule has 5 nitrogen and oxygen atoms in total. The van der Waals surface area contributed by atoms with E-state index in [2.05, 4.69) is 5.32 Å². The highest BCUT2D eigenvalue weighted by atomic mass is 16.5. The molecule has 0 unspecified atom stereocenters. The Morgan fingerprint density at radius 2 is 2.14 bits per heavy atom. The normalized spacial score (nSPS) is 19.1. The van der Waals surface area contributed by atoms with Crippen molar-refractivity contribution in [3.05, 3.63) is 35.9 Å². The zero-order chi connectivity index (χ0) is 15.1. The molecule has 114 valence electrons. The largest absolute Gasteiger partial charge is 0.463 e. The van der Waals surface area contributed by atoms with E-state index in [0.717, 1.165) is 13.0 Å². The van der Waals surface area contributed by atoms with Crippen LogP contribution in [0.1, 0.15) is 18.9 Å². The average Bonchev–Trinajstić information content (AvgIpc) is 2.50. The molecule has 1 N–H and O–H groups in total. The monoisotopic (exact) mass is 290 g/mol. The molecule has 1 amide bonds. The zero-order valence-corrected chi connectivity index (χ0v) is 12.4. The molecule has 1 heterocycles. The first-order valence-corrected chi connectivity index (χ1v) is 7.42. The molecule has 1 aromatic carbocycles. The second-order valence-corrected chi connectivity index (χ2v) is 5.10. The Morgan fingerprint density at radius 1 is 1.38 bits per heavy atom. The van der Waals surface area contributed by atoms with E-state index in [-0.39, 0.29) is 18.3 Å². The number of cyclic esters (lactones) is 1. The Kier molecular flexibility index (Phi) is 5.75. The maximum Gasteiger partial charge on any atom is 0.323 e. The molecule has 5 heteroatoms. The van der Waals surface area contributed by atoms with Gasteiger partial charge in [0.1, 0.15) is 12.6 Å². The topological polar surface area (TPSA) is 58.6 Å². The van der Waals surface area contributed by atoms with Crippen molar-refractivity contribution in [3.8, 4) is 0 Å². The third-order valence-electron chi connectivity index (χ3n) is 3.70. The van der Waals surface area contributed by atoms with Crippen LogP contribution in [0.15, 0.2) is 30.3 Å². The lowest BCUT2D eigenvalue weighted by molar-refractivity contribution is -0.159. The summed E-state index contributed by atoms with van der Waals surface area (Å²) in [6.07, 6.45) is 0.959. The van der Waals surface area contributed by atoms with Crippen molar-refractivity contribution in [2.75, 3.05) is 26.2 Å². The van der Waals surface area contributed by atoms with Gasteiger partial charge in [0, 0.05) is 13.1 Å². The van der Waals surface area contributed by atoms with E-state index in [9.17, 15) is 9.59 Å². The standard InChI is InChI=1S/C16H22N2O3/c1-2-18-10-11-21-16(20)14(18)12-15(19)17-9-8-13-6-4-3-5-7-13/h3-7,14H,2,8-12H2,1H3,(H,17,19)/t14-/m0/s1. The van der Waals surface area contributed by atoms with Gasteiger partial charge < -0.3 is 10.1 Å². The SMILES string of the molecule is CCN1CCOC(=O)[C@@H]1CC(=O)NCCc1ccccc1. The number of morpholine rings is 1. The van der Waals surface area contributed by atoms with Crippen molar-refractivity contribution < 1.29 is 14.3 Å². The molecule has 0 saturated carbocycles. The molecule has 0 bridgehead atoms. The average molecular weight is 290 g/mol. The van der Waals surface area contributed by atoms with E-state index in [4.69, 9.17) is 4.74 Å². The molecule has 0 aliphatic carbocycles. The van der Waals surface area contributed by atoms with E-state index in [1.54, 1.807) is 0 Å². The number of nitrogens with one attached hydrogen (secondary N) is 1. The number of carbonyl (C=O) groups is 2. The minimum atomic E-state index is -0.444. The van der Waals surface area contributed by atoms with Crippen LogP contribution in [0.4, 0.5) is 0 Å². The minimum Gasteiger partial charge on any atom is -0.463 e. The van der Waals surface area contributed by atoms with E-state index < -0.39 is 6.04 Å². The Hall–Kier alpha value is -1.88. The van der Waals surface area contributed by atoms with Crippen LogP contribution in [0.25, 0.3) is 0 Å². The summed E-state index contributed by atoms with van der Waals surface area (Å²) in [5.74, 6) is -0.394. The van der Waals surface area contributed by atoms with Crippen molar-refractivity contribution in [2.24, 2.45) is 0 Å². The van der Waals surface area contributed by atoms with Crippen LogP contribution in [0, 0.1) is 0 Å². The molecular weight excluding hydrogens is 268 g/mol. The smallest absolute Gasteiger partial charge is 0.323 e. The van der Waals surface area contributed by atoms with Crippen LogP contribution >= 0.6 is 0 Å². The molecular formula is C16H22N2O3. The van der Waals surface area contributed by atoms with Crippen molar-refractivity contribution in [1.82, 2.24) is 10.2 Å². The first kappa shape index (κ1) is 15.5. The molecule has 1 fully saturated rings. The molecule has 1 aliphatic heterocycles. The predicted molar refractivity (Wildman–Crippen MR) is 79.8 cm³/mol. The van der Waals surface area contributed by atoms with Crippen molar-refractivity contribution in [2.45, 2.75) is 25.8 Å². The quantitative estimate of drug-likeness (QED) is 0.794. The number of rotatable bonds is 6. The van der Waals surface area contributed by atoms with Gasteiger partial charge in [0.05, 0.1) is 6.42 Å². The van der Waals surface area contributed by atoms with Crippen LogP contribution < -0.4 is 5.32 Å². The summed E-state index contributed by atoms with van der Waals surface area (Å²) in [5.41, 5.74) is 1.19. The molecule has 0 aromatic heterocycles. The second-order valence-electron chi connectivity index (χ2n) is 5.10. The van der Waals surface area contributed by atoms with Gasteiger partial charge in [0.25, 0.3) is 0 Å². The van der Waals surface area contributed by atoms with Crippen LogP contribution in [0.3, 0.4) is 0 Å². The van der Waals surface area contributed by atoms with E-state index in [0.29, 0.717) is 19.7 Å². The van der Waals surface area contributed by atoms with Gasteiger partial charge >= 0.3 is 5.97 Å². The van der Waals surface area contributed by atoms with Crippen LogP contribution in [0.2, 0.25) is 0 Å². The molecule has 1 aliphatic rings. The fraction of sp³-hybridized carbons (Fsp3) is 0.500. The molecule has 0 spiro atoms. The fourth-order valence-electron chi connectivity index (χ4n) is 2.49. The number of esters is 1. The van der Waals surface area contributed by atoms with Crippen molar-refractivity contribution in [3.63, 3.8) is 0 Å². The maximum atomic E-state index is 12.0. The van der Waals surface area contributed by atoms with Gasteiger partial charge in [0.2, 0.25) is 5.91 Å². The Balaban J connectivity index is 1.77. The number of benzene rings is 1. The summed E-state index contributed by atoms with van der Waals surface area (Å²) in [6.45, 7) is 4.43. The second kappa shape index (κ2) is 7.78. The lowest BCUT2D eigenvalue weighted by atomic mass is 10.1. The highest BCUT2D eigenvalue weighted by molar-refractivity contribution is 5.85. The van der Waals surface area contributed by atoms with Gasteiger partial charge in [-0.15, -0.1) is 0 Å². The van der Waals surface area contributed by atoms with Gasteiger partial charge in [-0.2, -0.15) is 0 Å². The van der Waals surface area contributed by atoms with E-state index >= 15 is 0 Å². The van der Waals surface area contributed by atoms with Crippen LogP contribution in [-0.4, -0.2) is 49.1 Å². The Labute approximate surface area is 125 Å². The van der Waals surface area contributed by atoms with Gasteiger partial charge in [-0.25, -0.2) is 0 Å². The van der Waals surface area contributed by atoms with Crippen LogP contribution in [-0.2, 0) is 20.7 Å². The first-order chi connectivity index (χ1) is 10.2. The Bertz CT molecular complexity index is 476. The zero-order valence-electron chi connectivity index (χ0n) is 12.4. The maximum absolute atomic E-state index is 12.0. The van der Waals surface area contributed by atoms with Crippen molar-refractivity contribution in [1.29, 1.82) is 0 Å². The predicted octanol–water partition coefficient (Wildman–Crippen LogP) is 0.983. The van der Waals surface area contributed by atoms with E-state index in [1.165, 1.54) is 5.56 Å². The van der Waals surface area contributed by atoms with Gasteiger partial charge in [-0.3, -0.25) is 14.5 Å². The molecule has 1 aromatic rings. The summed E-state index contributed by atoms with van der Waals surface area (Å²) in [5, 5.41) is 2.87. The van der Waals surface area contributed by atoms with Gasteiger partial charge in [0.15, 0.2) is 0 Å². The highest BCUT2D eigenvalue weighted by Crippen LogP contribution is 2.11. The number of hydrogen-bond donors (Lipinski definition) is 1. The number of ether oxygens (including phenoxy) is 1. The number of nitrogens with zero attached hydrogens (tertiary/aromatic N) is 1. The van der Waals surface area contributed by atoms with Crippen molar-refractivity contribution >= 4 is 11.9 Å². The number of likely N-dealkylation sites (N-methyl/N-ethyl adjacent to an activating group) is 1. The molecule has 21 heavy (non-hydrogen) atoms. The number of carbonyl (C=O) groups excluding carboxylic acids is 2.